The fraction of sp³-hybridized carbons (Fsp3) is 0.222. The average Bonchev–Trinajstić information content (AvgIpc) is 3.17. The summed E-state index contributed by atoms with van der Waals surface area (Å²) in [5.41, 5.74) is 4.19. The van der Waals surface area contributed by atoms with Crippen molar-refractivity contribution in [3.05, 3.63) is 92.2 Å². The van der Waals surface area contributed by atoms with Gasteiger partial charge in [0, 0.05) is 23.1 Å². The Morgan fingerprint density at radius 2 is 1.91 bits per heavy atom. The Kier molecular flexibility index (Phi) is 6.26. The van der Waals surface area contributed by atoms with Gasteiger partial charge in [-0.3, -0.25) is 9.69 Å². The van der Waals surface area contributed by atoms with Crippen molar-refractivity contribution in [1.82, 2.24) is 4.90 Å². The molecule has 3 aromatic carbocycles. The maximum Gasteiger partial charge on any atom is 0.232 e. The number of carbonyl (C=O) groups is 1. The summed E-state index contributed by atoms with van der Waals surface area (Å²) in [6, 6.07) is 15.1. The van der Waals surface area contributed by atoms with Crippen LogP contribution < -0.4 is 14.2 Å². The van der Waals surface area contributed by atoms with E-state index in [1.54, 1.807) is 31.4 Å². The Balaban J connectivity index is 1.38. The molecule has 2 aliphatic heterocycles. The Bertz CT molecular complexity index is 1300. The van der Waals surface area contributed by atoms with Crippen LogP contribution in [0.25, 0.3) is 6.08 Å². The van der Waals surface area contributed by atoms with Gasteiger partial charge in [0.1, 0.15) is 24.0 Å². The highest BCUT2D eigenvalue weighted by Crippen LogP contribution is 2.44. The molecular weight excluding hydrogens is 473 g/mol. The summed E-state index contributed by atoms with van der Waals surface area (Å²) in [7, 11) is 1.66. The molecule has 2 heterocycles. The van der Waals surface area contributed by atoms with Crippen LogP contribution in [0.1, 0.15) is 32.6 Å². The summed E-state index contributed by atoms with van der Waals surface area (Å²) in [5.74, 6) is 2.26. The number of halogens is 2. The van der Waals surface area contributed by atoms with Crippen molar-refractivity contribution >= 4 is 35.1 Å². The van der Waals surface area contributed by atoms with Crippen molar-refractivity contribution in [3.63, 3.8) is 0 Å². The summed E-state index contributed by atoms with van der Waals surface area (Å²) < 4.78 is 17.4. The monoisotopic (exact) mass is 495 g/mol. The first-order valence-corrected chi connectivity index (χ1v) is 11.7. The van der Waals surface area contributed by atoms with E-state index in [4.69, 9.17) is 37.4 Å². The highest BCUT2D eigenvalue weighted by Gasteiger charge is 2.35. The number of ketones is 1. The molecule has 34 heavy (non-hydrogen) atoms. The molecule has 7 heteroatoms. The number of Topliss-reactive ketones (excluding diaryl/α,β-unsaturated/α-hetero) is 1. The molecule has 0 saturated carbocycles. The van der Waals surface area contributed by atoms with Gasteiger partial charge in [0.2, 0.25) is 5.78 Å². The van der Waals surface area contributed by atoms with Crippen LogP contribution in [-0.4, -0.2) is 31.1 Å². The number of nitrogens with zero attached hydrogens (tertiary/aromatic N) is 1. The van der Waals surface area contributed by atoms with Crippen LogP contribution in [0.2, 0.25) is 10.0 Å². The van der Waals surface area contributed by atoms with E-state index < -0.39 is 0 Å². The van der Waals surface area contributed by atoms with Gasteiger partial charge < -0.3 is 14.2 Å². The normalized spacial score (nSPS) is 16.1. The molecule has 5 nitrogen and oxygen atoms in total. The summed E-state index contributed by atoms with van der Waals surface area (Å²) in [4.78, 5) is 15.4. The van der Waals surface area contributed by atoms with E-state index in [-0.39, 0.29) is 11.5 Å². The summed E-state index contributed by atoms with van der Waals surface area (Å²) in [6.07, 6.45) is 2.54. The van der Waals surface area contributed by atoms with Crippen molar-refractivity contribution in [1.29, 1.82) is 0 Å². The zero-order valence-electron chi connectivity index (χ0n) is 18.9. The lowest BCUT2D eigenvalue weighted by atomic mass is 9.98. The fourth-order valence-electron chi connectivity index (χ4n) is 4.26. The van der Waals surface area contributed by atoms with E-state index in [0.29, 0.717) is 40.2 Å². The van der Waals surface area contributed by atoms with Crippen molar-refractivity contribution in [2.45, 2.75) is 19.9 Å². The summed E-state index contributed by atoms with van der Waals surface area (Å²) >= 11 is 12.3. The van der Waals surface area contributed by atoms with E-state index >= 15 is 0 Å². The third kappa shape index (κ3) is 4.39. The van der Waals surface area contributed by atoms with Crippen molar-refractivity contribution in [2.24, 2.45) is 0 Å². The van der Waals surface area contributed by atoms with Crippen LogP contribution in [-0.2, 0) is 13.0 Å². The summed E-state index contributed by atoms with van der Waals surface area (Å²) in [6.45, 7) is 3.83. The van der Waals surface area contributed by atoms with Gasteiger partial charge in [-0.1, -0.05) is 41.4 Å². The second-order valence-electron chi connectivity index (χ2n) is 8.40. The van der Waals surface area contributed by atoms with Gasteiger partial charge in [0.05, 0.1) is 18.2 Å². The van der Waals surface area contributed by atoms with Crippen LogP contribution >= 0.6 is 23.2 Å². The lowest BCUT2D eigenvalue weighted by Gasteiger charge is -2.30. The number of hydrogen-bond acceptors (Lipinski definition) is 5. The first-order chi connectivity index (χ1) is 16.4. The van der Waals surface area contributed by atoms with E-state index in [9.17, 15) is 4.79 Å². The molecule has 174 valence electrons. The molecule has 0 saturated heterocycles. The third-order valence-electron chi connectivity index (χ3n) is 6.11. The maximum absolute atomic E-state index is 13.2. The number of hydrogen-bond donors (Lipinski definition) is 0. The van der Waals surface area contributed by atoms with Crippen LogP contribution in [0.15, 0.2) is 54.3 Å². The fourth-order valence-corrected chi connectivity index (χ4v) is 4.72. The Morgan fingerprint density at radius 3 is 2.65 bits per heavy atom. The Morgan fingerprint density at radius 1 is 1.12 bits per heavy atom. The van der Waals surface area contributed by atoms with Crippen molar-refractivity contribution in [2.75, 3.05) is 20.4 Å². The topological polar surface area (TPSA) is 48.0 Å². The molecule has 0 N–H and O–H groups in total. The highest BCUT2D eigenvalue weighted by molar-refractivity contribution is 6.35. The molecule has 0 bridgehead atoms. The number of allylic oxidation sites excluding steroid dienone is 1. The van der Waals surface area contributed by atoms with Crippen molar-refractivity contribution in [3.8, 4) is 17.2 Å². The quantitative estimate of drug-likeness (QED) is 0.387. The van der Waals surface area contributed by atoms with Gasteiger partial charge >= 0.3 is 0 Å². The number of rotatable bonds is 5. The van der Waals surface area contributed by atoms with Gasteiger partial charge in [-0.25, -0.2) is 0 Å². The molecular formula is C27H23Cl2NO4. The number of fused-ring (bicyclic) bond motifs is 3. The van der Waals surface area contributed by atoms with E-state index in [2.05, 4.69) is 17.0 Å². The second-order valence-corrected chi connectivity index (χ2v) is 9.25. The lowest BCUT2D eigenvalue weighted by Crippen LogP contribution is -2.33. The second kappa shape index (κ2) is 9.34. The van der Waals surface area contributed by atoms with E-state index in [1.807, 2.05) is 25.1 Å². The first-order valence-electron chi connectivity index (χ1n) is 11.0. The van der Waals surface area contributed by atoms with Crippen LogP contribution in [0.3, 0.4) is 0 Å². The van der Waals surface area contributed by atoms with Crippen LogP contribution in [0, 0.1) is 6.92 Å². The van der Waals surface area contributed by atoms with Crippen molar-refractivity contribution < 1.29 is 19.0 Å². The molecule has 0 spiro atoms. The van der Waals surface area contributed by atoms with Gasteiger partial charge in [0.25, 0.3) is 0 Å². The van der Waals surface area contributed by atoms with Gasteiger partial charge in [-0.15, -0.1) is 0 Å². The van der Waals surface area contributed by atoms with Gasteiger partial charge in [0.15, 0.2) is 5.76 Å². The smallest absolute Gasteiger partial charge is 0.232 e. The SMILES string of the molecule is COc1ccc(CCN2COc3cc(C)c4c(c3C2)O/C(=C/c2ccc(Cl)cc2Cl)C4=O)cc1. The van der Waals surface area contributed by atoms with Crippen LogP contribution in [0.5, 0.6) is 17.2 Å². The van der Waals surface area contributed by atoms with Crippen LogP contribution in [0.4, 0.5) is 0 Å². The summed E-state index contributed by atoms with van der Waals surface area (Å²) in [5, 5.41) is 0.991. The Hall–Kier alpha value is -2.99. The zero-order chi connectivity index (χ0) is 23.8. The molecule has 5 rings (SSSR count). The number of carbonyl (C=O) groups excluding carboxylic acids is 1. The first kappa shape index (κ1) is 22.8. The van der Waals surface area contributed by atoms with Gasteiger partial charge in [-0.05, 0) is 66.4 Å². The standard InChI is InChI=1S/C27H23Cl2NO4/c1-16-11-23-21(14-30(15-33-23)10-9-17-3-7-20(32-2)8-4-17)27-25(16)26(31)24(34-27)12-18-5-6-19(28)13-22(18)29/h3-8,11-13H,9-10,14-15H2,1-2H3/b24-12+. The maximum atomic E-state index is 13.2. The molecule has 0 amide bonds. The Labute approximate surface area is 208 Å². The molecule has 0 atom stereocenters. The lowest BCUT2D eigenvalue weighted by molar-refractivity contribution is 0.0949. The largest absolute Gasteiger partial charge is 0.497 e. The number of ether oxygens (including phenoxy) is 3. The molecule has 2 aliphatic rings. The minimum atomic E-state index is -0.156. The van der Waals surface area contributed by atoms with E-state index in [0.717, 1.165) is 35.6 Å². The molecule has 0 fully saturated rings. The molecule has 3 aromatic rings. The number of methoxy groups -OCH3 is 1. The zero-order valence-corrected chi connectivity index (χ0v) is 20.4. The predicted molar refractivity (Wildman–Crippen MR) is 133 cm³/mol. The van der Waals surface area contributed by atoms with E-state index in [1.165, 1.54) is 5.56 Å². The average molecular weight is 496 g/mol. The number of aryl methyl sites for hydroxylation is 1. The molecule has 0 radical (unpaired) electrons. The third-order valence-corrected chi connectivity index (χ3v) is 6.68. The molecule has 0 unspecified atom stereocenters. The minimum Gasteiger partial charge on any atom is -0.497 e. The molecule has 0 aliphatic carbocycles. The molecule has 0 aromatic heterocycles. The predicted octanol–water partition coefficient (Wildman–Crippen LogP) is 6.32. The van der Waals surface area contributed by atoms with Gasteiger partial charge in [-0.2, -0.15) is 0 Å². The highest BCUT2D eigenvalue weighted by atomic mass is 35.5. The number of benzene rings is 3. The minimum absolute atomic E-state index is 0.156.